The number of nitrogens with zero attached hydrogens (tertiary/aromatic N) is 3. The van der Waals surface area contributed by atoms with Crippen molar-refractivity contribution in [3.63, 3.8) is 0 Å². The number of hydrogen-bond acceptors (Lipinski definition) is 8. The zero-order chi connectivity index (χ0) is 44.9. The number of ether oxygens (including phenoxy) is 2. The lowest BCUT2D eigenvalue weighted by atomic mass is 9.82. The maximum atomic E-state index is 15.4. The molecule has 3 aliphatic rings. The first-order valence-corrected chi connectivity index (χ1v) is 24.7. The van der Waals surface area contributed by atoms with Crippen LogP contribution in [0.15, 0.2) is 121 Å². The number of aliphatic hydroxyl groups is 1. The van der Waals surface area contributed by atoms with Crippen molar-refractivity contribution < 1.29 is 33.9 Å². The molecule has 0 unspecified atom stereocenters. The Hall–Kier alpha value is -6.61. The number of fused-ring (bicyclic) bond motifs is 4. The number of anilines is 2. The van der Waals surface area contributed by atoms with E-state index in [1.165, 1.54) is 12.1 Å². The fourth-order valence-corrected chi connectivity index (χ4v) is 14.6. The molecule has 5 aromatic carbocycles. The molecule has 1 saturated heterocycles. The molecule has 1 spiro atoms. The van der Waals surface area contributed by atoms with Gasteiger partial charge in [0, 0.05) is 52.9 Å². The summed E-state index contributed by atoms with van der Waals surface area (Å²) >= 11 is 0. The molecule has 3 amide bonds. The molecule has 0 radical (unpaired) electrons. The summed E-state index contributed by atoms with van der Waals surface area (Å²) in [5, 5.41) is 27.9. The summed E-state index contributed by atoms with van der Waals surface area (Å²) in [6, 6.07) is 35.0. The monoisotopic (exact) mass is 877 g/mol. The van der Waals surface area contributed by atoms with Crippen LogP contribution in [0.4, 0.5) is 17.1 Å². The van der Waals surface area contributed by atoms with Gasteiger partial charge in [0.05, 0.1) is 63.9 Å². The Kier molecular flexibility index (Phi) is 11.2. The topological polar surface area (TPSA) is 167 Å². The quantitative estimate of drug-likeness (QED) is 0.0652. The van der Waals surface area contributed by atoms with Gasteiger partial charge in [-0.25, -0.2) is 0 Å². The molecule has 6 aromatic rings. The standard InChI is InChI=1S/C50H51N5O8Si/c1-31-48(64(3,4)40-20-18-39(62-2)19-21-40)45(26-47(58)53-29-34-10-6-5-9-33(34)23-38(53)30-56)63-50(31)42-25-37(55(60)61)17-22-44(42)54(49(50)59)28-32-13-15-36(16-14-32)52-46(57)24-35-27-51-43-12-8-7-11-41(35)43/h5-22,25,27,31,38,45,48,51,56H,23-24,26,28-30H2,1-4H3,(H,52,57)/t31-,38-,45+,48-,50+/m0/s1. The highest BCUT2D eigenvalue weighted by molar-refractivity contribution is 6.91. The molecule has 13 nitrogen and oxygen atoms in total. The molecule has 14 heteroatoms. The van der Waals surface area contributed by atoms with Crippen molar-refractivity contribution >= 4 is 58.9 Å². The maximum absolute atomic E-state index is 15.4. The van der Waals surface area contributed by atoms with E-state index in [1.54, 1.807) is 35.1 Å². The molecule has 9 rings (SSSR count). The average Bonchev–Trinajstić information content (AvgIpc) is 3.92. The van der Waals surface area contributed by atoms with E-state index in [0.717, 1.165) is 38.3 Å². The summed E-state index contributed by atoms with van der Waals surface area (Å²) in [7, 11) is -1.07. The van der Waals surface area contributed by atoms with Crippen LogP contribution in [0.5, 0.6) is 5.75 Å². The van der Waals surface area contributed by atoms with Crippen molar-refractivity contribution in [2.45, 2.75) is 75.7 Å². The van der Waals surface area contributed by atoms with Gasteiger partial charge in [0.15, 0.2) is 5.60 Å². The molecule has 4 heterocycles. The Balaban J connectivity index is 1.04. The number of benzene rings is 5. The maximum Gasteiger partial charge on any atom is 0.269 e. The first kappa shape index (κ1) is 42.7. The van der Waals surface area contributed by atoms with Gasteiger partial charge in [-0.2, -0.15) is 0 Å². The zero-order valence-electron chi connectivity index (χ0n) is 36.2. The van der Waals surface area contributed by atoms with Crippen molar-refractivity contribution in [1.29, 1.82) is 0 Å². The number of nitrogens with one attached hydrogen (secondary N) is 2. The highest BCUT2D eigenvalue weighted by atomic mass is 28.3. The third-order valence-electron chi connectivity index (χ3n) is 13.9. The Labute approximate surface area is 372 Å². The van der Waals surface area contributed by atoms with Crippen molar-refractivity contribution in [3.05, 3.63) is 159 Å². The van der Waals surface area contributed by atoms with Gasteiger partial charge in [-0.1, -0.05) is 91.9 Å². The number of H-pyrrole nitrogens is 1. The van der Waals surface area contributed by atoms with Crippen molar-refractivity contribution in [2.75, 3.05) is 23.9 Å². The van der Waals surface area contributed by atoms with Gasteiger partial charge in [0.25, 0.3) is 11.6 Å². The first-order valence-electron chi connectivity index (χ1n) is 21.7. The second-order valence-electron chi connectivity index (χ2n) is 17.8. The van der Waals surface area contributed by atoms with Crippen LogP contribution in [-0.4, -0.2) is 71.6 Å². The van der Waals surface area contributed by atoms with Crippen LogP contribution >= 0.6 is 0 Å². The predicted molar refractivity (Wildman–Crippen MR) is 247 cm³/mol. The fraction of sp³-hybridized carbons (Fsp3) is 0.300. The number of non-ortho nitro benzene ring substituents is 1. The van der Waals surface area contributed by atoms with Crippen molar-refractivity contribution in [2.24, 2.45) is 5.92 Å². The van der Waals surface area contributed by atoms with Gasteiger partial charge in [-0.15, -0.1) is 0 Å². The summed E-state index contributed by atoms with van der Waals surface area (Å²) in [6.07, 6.45) is 1.76. The number of carbonyl (C=O) groups excluding carboxylic acids is 3. The molecular weight excluding hydrogens is 827 g/mol. The number of aliphatic hydroxyl groups excluding tert-OH is 1. The van der Waals surface area contributed by atoms with E-state index in [4.69, 9.17) is 9.47 Å². The van der Waals surface area contributed by atoms with E-state index in [2.05, 4.69) is 23.4 Å². The molecule has 0 saturated carbocycles. The molecule has 1 aromatic heterocycles. The number of aromatic amines is 1. The molecule has 0 aliphatic carbocycles. The summed E-state index contributed by atoms with van der Waals surface area (Å²) in [4.78, 5) is 61.7. The average molecular weight is 878 g/mol. The smallest absolute Gasteiger partial charge is 0.269 e. The van der Waals surface area contributed by atoms with Crippen LogP contribution in [0, 0.1) is 16.0 Å². The van der Waals surface area contributed by atoms with Crippen LogP contribution in [-0.2, 0) is 50.7 Å². The van der Waals surface area contributed by atoms with E-state index >= 15 is 4.79 Å². The Morgan fingerprint density at radius 2 is 1.70 bits per heavy atom. The Morgan fingerprint density at radius 3 is 2.42 bits per heavy atom. The molecule has 3 aliphatic heterocycles. The Bertz CT molecular complexity index is 2770. The summed E-state index contributed by atoms with van der Waals surface area (Å²) < 4.78 is 12.7. The van der Waals surface area contributed by atoms with Gasteiger partial charge < -0.3 is 34.7 Å². The van der Waals surface area contributed by atoms with E-state index in [9.17, 15) is 24.8 Å². The summed E-state index contributed by atoms with van der Waals surface area (Å²) in [5.74, 6) is -0.527. The van der Waals surface area contributed by atoms with E-state index < -0.39 is 36.7 Å². The van der Waals surface area contributed by atoms with Crippen molar-refractivity contribution in [3.8, 4) is 5.75 Å². The van der Waals surface area contributed by atoms with Crippen molar-refractivity contribution in [1.82, 2.24) is 9.88 Å². The number of hydrogen-bond donors (Lipinski definition) is 3. The number of nitro benzene ring substituents is 1. The second-order valence-corrected chi connectivity index (χ2v) is 22.5. The number of carbonyl (C=O) groups is 3. The molecular formula is C50H51N5O8Si. The third kappa shape index (κ3) is 7.44. The first-order chi connectivity index (χ1) is 30.8. The molecule has 1 fully saturated rings. The lowest BCUT2D eigenvalue weighted by Crippen LogP contribution is -2.52. The molecule has 64 heavy (non-hydrogen) atoms. The molecule has 0 bridgehead atoms. The third-order valence-corrected chi connectivity index (χ3v) is 18.3. The number of nitro groups is 1. The number of para-hydroxylation sites is 1. The molecule has 5 atom stereocenters. The fourth-order valence-electron chi connectivity index (χ4n) is 10.6. The van der Waals surface area contributed by atoms with Crippen LogP contribution in [0.2, 0.25) is 18.6 Å². The van der Waals surface area contributed by atoms with Crippen LogP contribution in [0.1, 0.15) is 41.2 Å². The number of amides is 3. The molecule has 3 N–H and O–H groups in total. The minimum absolute atomic E-state index is 0.0486. The van der Waals surface area contributed by atoms with Gasteiger partial charge >= 0.3 is 0 Å². The van der Waals surface area contributed by atoms with E-state index in [0.29, 0.717) is 35.7 Å². The van der Waals surface area contributed by atoms with Crippen LogP contribution in [0.25, 0.3) is 10.9 Å². The van der Waals surface area contributed by atoms with Crippen LogP contribution in [0.3, 0.4) is 0 Å². The van der Waals surface area contributed by atoms with Gasteiger partial charge in [0.2, 0.25) is 11.8 Å². The van der Waals surface area contributed by atoms with Crippen LogP contribution < -0.4 is 20.1 Å². The lowest BCUT2D eigenvalue weighted by Gasteiger charge is -2.39. The highest BCUT2D eigenvalue weighted by Gasteiger charge is 2.67. The van der Waals surface area contributed by atoms with Gasteiger partial charge in [-0.05, 0) is 70.6 Å². The minimum Gasteiger partial charge on any atom is -0.497 e. The number of rotatable bonds is 12. The highest BCUT2D eigenvalue weighted by Crippen LogP contribution is 2.60. The Morgan fingerprint density at radius 1 is 0.984 bits per heavy atom. The van der Waals surface area contributed by atoms with Gasteiger partial charge in [-0.3, -0.25) is 24.5 Å². The summed E-state index contributed by atoms with van der Waals surface area (Å²) in [6.45, 7) is 6.69. The van der Waals surface area contributed by atoms with E-state index in [-0.39, 0.29) is 54.9 Å². The molecule has 328 valence electrons. The summed E-state index contributed by atoms with van der Waals surface area (Å²) in [5.41, 5.74) is 4.12. The lowest BCUT2D eigenvalue weighted by molar-refractivity contribution is -0.385. The van der Waals surface area contributed by atoms with E-state index in [1.807, 2.05) is 98.0 Å². The largest absolute Gasteiger partial charge is 0.497 e. The number of methoxy groups -OCH3 is 1. The normalized spacial score (nSPS) is 21.5. The van der Waals surface area contributed by atoms with Gasteiger partial charge in [0.1, 0.15) is 5.75 Å². The minimum atomic E-state index is -2.68. The zero-order valence-corrected chi connectivity index (χ0v) is 37.2. The number of aromatic nitrogens is 1. The SMILES string of the molecule is COc1ccc([Si](C)(C)[C@@H]2[C@@H](CC(=O)N3Cc4ccccc4C[C@H]3CO)O[C@]3(C(=O)N(Cc4ccc(NC(=O)Cc5c[nH]c6ccccc56)cc4)c4ccc([N+](=O)[O-])cc43)[C@H]2C)cc1. The predicted octanol–water partition coefficient (Wildman–Crippen LogP) is 7.36. The second kappa shape index (κ2) is 16.8.